The predicted molar refractivity (Wildman–Crippen MR) is 50.8 cm³/mol. The lowest BCUT2D eigenvalue weighted by Crippen LogP contribution is -2.44. The highest BCUT2D eigenvalue weighted by Crippen LogP contribution is 2.28. The van der Waals surface area contributed by atoms with Crippen LogP contribution in [0.4, 0.5) is 0 Å². The van der Waals surface area contributed by atoms with Crippen LogP contribution in [0.5, 0.6) is 0 Å². The molecule has 0 amide bonds. The minimum atomic E-state index is 0.571. The van der Waals surface area contributed by atoms with Gasteiger partial charge >= 0.3 is 0 Å². The van der Waals surface area contributed by atoms with Gasteiger partial charge in [0.05, 0.1) is 0 Å². The van der Waals surface area contributed by atoms with E-state index >= 15 is 0 Å². The van der Waals surface area contributed by atoms with Crippen LogP contribution >= 0.6 is 0 Å². The molecule has 0 radical (unpaired) electrons. The van der Waals surface area contributed by atoms with Crippen LogP contribution in [0.25, 0.3) is 0 Å². The second-order valence-corrected chi connectivity index (χ2v) is 4.06. The molecule has 0 bridgehead atoms. The number of nitrogens with zero attached hydrogens (tertiary/aromatic N) is 1. The van der Waals surface area contributed by atoms with E-state index in [1.54, 1.807) is 0 Å². The maximum Gasteiger partial charge on any atom is 0.0224 e. The molecule has 1 aliphatic carbocycles. The van der Waals surface area contributed by atoms with Crippen molar-refractivity contribution in [2.75, 3.05) is 13.1 Å². The lowest BCUT2D eigenvalue weighted by Gasteiger charge is -2.40. The van der Waals surface area contributed by atoms with Crippen LogP contribution in [0.15, 0.2) is 0 Å². The highest BCUT2D eigenvalue weighted by Gasteiger charge is 2.27. The van der Waals surface area contributed by atoms with E-state index in [-0.39, 0.29) is 0 Å². The highest BCUT2D eigenvalue weighted by molar-refractivity contribution is 4.96. The molecule has 1 aliphatic heterocycles. The van der Waals surface area contributed by atoms with E-state index in [0.717, 1.165) is 6.04 Å². The summed E-state index contributed by atoms with van der Waals surface area (Å²) in [6.07, 6.45) is 12.2. The molecule has 1 saturated heterocycles. The van der Waals surface area contributed by atoms with Gasteiger partial charge in [0.1, 0.15) is 0 Å². The van der Waals surface area contributed by atoms with Crippen molar-refractivity contribution in [1.29, 1.82) is 0 Å². The summed E-state index contributed by atoms with van der Waals surface area (Å²) in [4.78, 5) is 2.64. The molecular weight excluding hydrogens is 146 g/mol. The Morgan fingerprint density at radius 2 is 1.75 bits per heavy atom. The van der Waals surface area contributed by atoms with E-state index in [4.69, 9.17) is 6.42 Å². The van der Waals surface area contributed by atoms with Crippen molar-refractivity contribution in [3.63, 3.8) is 0 Å². The summed E-state index contributed by atoms with van der Waals surface area (Å²) in [5, 5.41) is 0. The Kier molecular flexibility index (Phi) is 2.37. The Bertz CT molecular complexity index is 180. The van der Waals surface area contributed by atoms with Gasteiger partial charge in [0.2, 0.25) is 0 Å². The average Bonchev–Trinajstić information content (AvgIpc) is 2.03. The van der Waals surface area contributed by atoms with Gasteiger partial charge < -0.3 is 4.90 Å². The van der Waals surface area contributed by atoms with E-state index in [9.17, 15) is 0 Å². The first-order valence-corrected chi connectivity index (χ1v) is 5.10. The maximum absolute atomic E-state index is 5.40. The zero-order chi connectivity index (χ0) is 8.39. The normalized spacial score (nSPS) is 27.9. The Morgan fingerprint density at radius 1 is 1.08 bits per heavy atom. The van der Waals surface area contributed by atoms with Crippen LogP contribution in [-0.4, -0.2) is 24.0 Å². The van der Waals surface area contributed by atoms with Crippen LogP contribution in [0.1, 0.15) is 32.1 Å². The molecule has 0 aromatic rings. The lowest BCUT2D eigenvalue weighted by molar-refractivity contribution is 0.0945. The van der Waals surface area contributed by atoms with E-state index in [1.165, 1.54) is 45.2 Å². The first kappa shape index (κ1) is 8.13. The standard InChI is InChI=1S/C11H17N/c1-2-10-6-8-12(9-7-10)11-4-3-5-11/h1,10-11H,3-9H2. The summed E-state index contributed by atoms with van der Waals surface area (Å²) in [5.74, 6) is 3.44. The molecule has 0 aromatic heterocycles. The smallest absolute Gasteiger partial charge is 0.0224 e. The zero-order valence-electron chi connectivity index (χ0n) is 7.63. The van der Waals surface area contributed by atoms with Gasteiger partial charge in [0.25, 0.3) is 0 Å². The second-order valence-electron chi connectivity index (χ2n) is 4.06. The summed E-state index contributed by atoms with van der Waals surface area (Å²) in [6.45, 7) is 2.50. The van der Waals surface area contributed by atoms with E-state index in [2.05, 4.69) is 10.8 Å². The van der Waals surface area contributed by atoms with Crippen molar-refractivity contribution >= 4 is 0 Å². The summed E-state index contributed by atoms with van der Waals surface area (Å²) in [5.41, 5.74) is 0. The second kappa shape index (κ2) is 3.49. The number of piperidine rings is 1. The lowest BCUT2D eigenvalue weighted by atomic mass is 9.88. The van der Waals surface area contributed by atoms with Crippen molar-refractivity contribution in [2.24, 2.45) is 5.92 Å². The third-order valence-corrected chi connectivity index (χ3v) is 3.36. The number of hydrogen-bond donors (Lipinski definition) is 0. The Labute approximate surface area is 75.1 Å². The maximum atomic E-state index is 5.40. The molecule has 2 aliphatic rings. The molecule has 0 N–H and O–H groups in total. The molecule has 0 unspecified atom stereocenters. The molecule has 2 fully saturated rings. The molecule has 12 heavy (non-hydrogen) atoms. The molecule has 1 heterocycles. The SMILES string of the molecule is C#CC1CCN(C2CCC2)CC1. The van der Waals surface area contributed by atoms with Gasteiger partial charge in [-0.3, -0.25) is 0 Å². The van der Waals surface area contributed by atoms with Gasteiger partial charge in [0, 0.05) is 12.0 Å². The number of likely N-dealkylation sites (tertiary alicyclic amines) is 1. The quantitative estimate of drug-likeness (QED) is 0.533. The van der Waals surface area contributed by atoms with Crippen LogP contribution in [0.3, 0.4) is 0 Å². The van der Waals surface area contributed by atoms with Gasteiger partial charge in [0.15, 0.2) is 0 Å². The van der Waals surface area contributed by atoms with Crippen molar-refractivity contribution in [2.45, 2.75) is 38.1 Å². The van der Waals surface area contributed by atoms with E-state index < -0.39 is 0 Å². The molecule has 66 valence electrons. The monoisotopic (exact) mass is 163 g/mol. The fourth-order valence-electron chi connectivity index (χ4n) is 2.18. The molecule has 1 nitrogen and oxygen atoms in total. The predicted octanol–water partition coefficient (Wildman–Crippen LogP) is 1.88. The summed E-state index contributed by atoms with van der Waals surface area (Å²) in [6, 6.07) is 0.920. The number of hydrogen-bond acceptors (Lipinski definition) is 1. The molecule has 0 atom stereocenters. The van der Waals surface area contributed by atoms with Gasteiger partial charge in [-0.1, -0.05) is 6.42 Å². The Hall–Kier alpha value is -0.480. The topological polar surface area (TPSA) is 3.24 Å². The third-order valence-electron chi connectivity index (χ3n) is 3.36. The first-order chi connectivity index (χ1) is 5.90. The molecule has 0 spiro atoms. The minimum absolute atomic E-state index is 0.571. The van der Waals surface area contributed by atoms with Crippen LogP contribution in [0, 0.1) is 18.3 Å². The summed E-state index contributed by atoms with van der Waals surface area (Å²) in [7, 11) is 0. The largest absolute Gasteiger partial charge is 0.300 e. The zero-order valence-corrected chi connectivity index (χ0v) is 7.63. The minimum Gasteiger partial charge on any atom is -0.300 e. The Morgan fingerprint density at radius 3 is 2.17 bits per heavy atom. The summed E-state index contributed by atoms with van der Waals surface area (Å²) < 4.78 is 0. The molecule has 0 aromatic carbocycles. The highest BCUT2D eigenvalue weighted by atomic mass is 15.2. The van der Waals surface area contributed by atoms with Crippen LogP contribution in [-0.2, 0) is 0 Å². The fraction of sp³-hybridized carbons (Fsp3) is 0.818. The Balaban J connectivity index is 1.78. The van der Waals surface area contributed by atoms with Gasteiger partial charge in [-0.25, -0.2) is 0 Å². The van der Waals surface area contributed by atoms with Gasteiger partial charge in [-0.15, -0.1) is 12.3 Å². The molecule has 2 rings (SSSR count). The van der Waals surface area contributed by atoms with Gasteiger partial charge in [-0.2, -0.15) is 0 Å². The van der Waals surface area contributed by atoms with Crippen molar-refractivity contribution < 1.29 is 0 Å². The van der Waals surface area contributed by atoms with Crippen molar-refractivity contribution in [1.82, 2.24) is 4.90 Å². The first-order valence-electron chi connectivity index (χ1n) is 5.10. The van der Waals surface area contributed by atoms with Crippen LogP contribution in [0.2, 0.25) is 0 Å². The van der Waals surface area contributed by atoms with Crippen molar-refractivity contribution in [3.05, 3.63) is 0 Å². The molecular formula is C11H17N. The van der Waals surface area contributed by atoms with Crippen molar-refractivity contribution in [3.8, 4) is 12.3 Å². The average molecular weight is 163 g/mol. The van der Waals surface area contributed by atoms with Gasteiger partial charge in [-0.05, 0) is 38.8 Å². The van der Waals surface area contributed by atoms with E-state index in [1.807, 2.05) is 0 Å². The molecule has 1 saturated carbocycles. The summed E-state index contributed by atoms with van der Waals surface area (Å²) >= 11 is 0. The molecule has 1 heteroatoms. The van der Waals surface area contributed by atoms with Crippen LogP contribution < -0.4 is 0 Å². The number of rotatable bonds is 1. The van der Waals surface area contributed by atoms with E-state index in [0.29, 0.717) is 5.92 Å². The fourth-order valence-corrected chi connectivity index (χ4v) is 2.18. The number of terminal acetylenes is 1. The third kappa shape index (κ3) is 1.49.